The molecule has 0 saturated heterocycles. The summed E-state index contributed by atoms with van der Waals surface area (Å²) in [6.07, 6.45) is -4.51. The van der Waals surface area contributed by atoms with Crippen LogP contribution in [0.5, 0.6) is 5.75 Å². The lowest BCUT2D eigenvalue weighted by atomic mass is 10.1. The van der Waals surface area contributed by atoms with E-state index in [4.69, 9.17) is 10.3 Å². The Hall–Kier alpha value is -4.09. The Morgan fingerprint density at radius 3 is 2.54 bits per heavy atom. The van der Waals surface area contributed by atoms with Gasteiger partial charge in [0.15, 0.2) is 6.29 Å². The number of thiazole rings is 1. The third-order valence-electron chi connectivity index (χ3n) is 4.95. The summed E-state index contributed by atoms with van der Waals surface area (Å²) < 4.78 is 59.0. The third-order valence-corrected chi connectivity index (χ3v) is 6.21. The summed E-state index contributed by atoms with van der Waals surface area (Å²) in [6.45, 7) is 1.64. The maximum absolute atomic E-state index is 14.7. The maximum atomic E-state index is 14.7. The topological polar surface area (TPSA) is 113 Å². The Bertz CT molecular complexity index is 1390. The fourth-order valence-corrected chi connectivity index (χ4v) is 4.26. The van der Waals surface area contributed by atoms with Crippen LogP contribution in [0.25, 0.3) is 21.0 Å². The maximum Gasteiger partial charge on any atom is 0.416 e. The molecular weight excluding hydrogens is 488 g/mol. The summed E-state index contributed by atoms with van der Waals surface area (Å²) in [5, 5.41) is 11.4. The highest BCUT2D eigenvalue weighted by Gasteiger charge is 2.30. The van der Waals surface area contributed by atoms with Crippen molar-refractivity contribution in [3.63, 3.8) is 0 Å². The Kier molecular flexibility index (Phi) is 6.63. The van der Waals surface area contributed by atoms with Crippen molar-refractivity contribution in [1.82, 2.24) is 4.98 Å². The van der Waals surface area contributed by atoms with E-state index in [1.54, 1.807) is 6.92 Å². The number of nitrogens with zero attached hydrogens (tertiary/aromatic N) is 6. The molecule has 13 heteroatoms. The normalized spacial score (nSPS) is 14.1. The molecule has 3 aromatic rings. The summed E-state index contributed by atoms with van der Waals surface area (Å²) in [7, 11) is 0. The van der Waals surface area contributed by atoms with Gasteiger partial charge in [0.05, 0.1) is 16.2 Å². The van der Waals surface area contributed by atoms with Crippen LogP contribution < -0.4 is 4.74 Å². The molecule has 0 fully saturated rings. The Morgan fingerprint density at radius 2 is 1.94 bits per heavy atom. The fourth-order valence-electron chi connectivity index (χ4n) is 3.27. The molecule has 178 valence electrons. The largest absolute Gasteiger partial charge is 0.485 e. The number of carbonyl (C=O) groups is 1. The molecule has 0 aliphatic carbocycles. The van der Waals surface area contributed by atoms with Crippen LogP contribution in [0.1, 0.15) is 35.5 Å². The van der Waals surface area contributed by atoms with Gasteiger partial charge in [-0.2, -0.15) is 23.4 Å². The van der Waals surface area contributed by atoms with E-state index >= 15 is 0 Å². The summed E-state index contributed by atoms with van der Waals surface area (Å²) in [4.78, 5) is 18.2. The number of rotatable bonds is 7. The van der Waals surface area contributed by atoms with Gasteiger partial charge in [0, 0.05) is 28.5 Å². The lowest BCUT2D eigenvalue weighted by Gasteiger charge is -2.14. The first-order chi connectivity index (χ1) is 16.7. The molecule has 1 aliphatic rings. The van der Waals surface area contributed by atoms with Gasteiger partial charge in [0.1, 0.15) is 34.2 Å². The lowest BCUT2D eigenvalue weighted by Crippen LogP contribution is -2.07. The van der Waals surface area contributed by atoms with Gasteiger partial charge in [0.25, 0.3) is 0 Å². The first-order valence-electron chi connectivity index (χ1n) is 9.98. The zero-order chi connectivity index (χ0) is 25.2. The van der Waals surface area contributed by atoms with Crippen molar-refractivity contribution in [2.24, 2.45) is 15.3 Å². The van der Waals surface area contributed by atoms with Crippen molar-refractivity contribution in [2.75, 3.05) is 0 Å². The molecule has 1 unspecified atom stereocenters. The van der Waals surface area contributed by atoms with Crippen molar-refractivity contribution in [3.05, 3.63) is 74.7 Å². The second kappa shape index (κ2) is 9.65. The zero-order valence-corrected chi connectivity index (χ0v) is 18.6. The van der Waals surface area contributed by atoms with Crippen LogP contribution in [0.2, 0.25) is 0 Å². The van der Waals surface area contributed by atoms with Gasteiger partial charge < -0.3 is 4.74 Å². The molecule has 0 radical (unpaired) electrons. The Morgan fingerprint density at radius 1 is 1.20 bits per heavy atom. The van der Waals surface area contributed by atoms with Crippen LogP contribution in [-0.4, -0.2) is 22.7 Å². The highest BCUT2D eigenvalue weighted by atomic mass is 32.1. The lowest BCUT2D eigenvalue weighted by molar-refractivity contribution is -0.137. The van der Waals surface area contributed by atoms with Gasteiger partial charge in [-0.05, 0) is 41.8 Å². The van der Waals surface area contributed by atoms with E-state index < -0.39 is 23.7 Å². The summed E-state index contributed by atoms with van der Waals surface area (Å²) in [6, 6.07) is 8.54. The SMILES string of the molecule is CC(Oc1ccc(C2=NN=C(C=O)C2)c(F)c1)c1sc(-c2ccc(C(F)(F)F)cc2)nc1N=[N+]=[N-]. The molecule has 2 aromatic carbocycles. The molecule has 4 rings (SSSR count). The van der Waals surface area contributed by atoms with Gasteiger partial charge in [0.2, 0.25) is 0 Å². The van der Waals surface area contributed by atoms with E-state index in [2.05, 4.69) is 25.2 Å². The quantitative estimate of drug-likeness (QED) is 0.116. The monoisotopic (exact) mass is 502 g/mol. The first kappa shape index (κ1) is 24.0. The number of hydrogen-bond donors (Lipinski definition) is 0. The van der Waals surface area contributed by atoms with Crippen LogP contribution in [0, 0.1) is 5.82 Å². The molecule has 1 aromatic heterocycles. The van der Waals surface area contributed by atoms with Crippen LogP contribution in [0.4, 0.5) is 23.4 Å². The third kappa shape index (κ3) is 5.20. The van der Waals surface area contributed by atoms with E-state index in [1.807, 2.05) is 0 Å². The smallest absolute Gasteiger partial charge is 0.416 e. The van der Waals surface area contributed by atoms with Crippen molar-refractivity contribution >= 4 is 34.9 Å². The molecule has 1 aliphatic heterocycles. The predicted octanol–water partition coefficient (Wildman–Crippen LogP) is 6.80. The van der Waals surface area contributed by atoms with Crippen LogP contribution in [0.15, 0.2) is 57.8 Å². The number of halogens is 4. The standard InChI is InChI=1S/C22H14F4N6O2S/c1-11(34-15-6-7-16(17(23)9-15)18-8-14(10-33)29-30-18)19-20(31-32-27)28-21(35-19)12-2-4-13(5-3-12)22(24,25)26/h2-7,9-11H,8H2,1H3. The number of ether oxygens (including phenoxy) is 1. The minimum Gasteiger partial charge on any atom is -0.485 e. The molecule has 0 amide bonds. The number of hydrogen-bond acceptors (Lipinski definition) is 7. The molecular formula is C22H14F4N6O2S. The summed E-state index contributed by atoms with van der Waals surface area (Å²) in [5.41, 5.74) is 9.20. The molecule has 0 saturated carbocycles. The van der Waals surface area contributed by atoms with Crippen molar-refractivity contribution in [3.8, 4) is 16.3 Å². The average Bonchev–Trinajstić information content (AvgIpc) is 3.46. The zero-order valence-electron chi connectivity index (χ0n) is 17.8. The average molecular weight is 502 g/mol. The van der Waals surface area contributed by atoms with Crippen LogP contribution in [-0.2, 0) is 11.0 Å². The minimum atomic E-state index is -4.47. The van der Waals surface area contributed by atoms with Crippen molar-refractivity contribution < 1.29 is 27.1 Å². The molecule has 1 atom stereocenters. The van der Waals surface area contributed by atoms with Gasteiger partial charge in [-0.15, -0.1) is 11.3 Å². The van der Waals surface area contributed by atoms with Crippen LogP contribution >= 0.6 is 11.3 Å². The first-order valence-corrected chi connectivity index (χ1v) is 10.8. The molecule has 35 heavy (non-hydrogen) atoms. The summed E-state index contributed by atoms with van der Waals surface area (Å²) >= 11 is 1.08. The number of azide groups is 1. The summed E-state index contributed by atoms with van der Waals surface area (Å²) in [5.74, 6) is -0.443. The number of alkyl halides is 3. The Labute approximate surface area is 199 Å². The van der Waals surface area contributed by atoms with Crippen LogP contribution in [0.3, 0.4) is 0 Å². The molecule has 0 bridgehead atoms. The highest BCUT2D eigenvalue weighted by Crippen LogP contribution is 2.39. The van der Waals surface area contributed by atoms with Gasteiger partial charge in [-0.25, -0.2) is 9.37 Å². The van der Waals surface area contributed by atoms with Gasteiger partial charge in [-0.3, -0.25) is 4.79 Å². The van der Waals surface area contributed by atoms with E-state index in [-0.39, 0.29) is 29.3 Å². The molecule has 0 N–H and O–H groups in total. The Balaban J connectivity index is 1.56. The van der Waals surface area contributed by atoms with Crippen molar-refractivity contribution in [2.45, 2.75) is 25.6 Å². The predicted molar refractivity (Wildman–Crippen MR) is 121 cm³/mol. The highest BCUT2D eigenvalue weighted by molar-refractivity contribution is 7.15. The van der Waals surface area contributed by atoms with Crippen molar-refractivity contribution in [1.29, 1.82) is 0 Å². The van der Waals surface area contributed by atoms with Gasteiger partial charge in [-0.1, -0.05) is 12.1 Å². The van der Waals surface area contributed by atoms with E-state index in [0.717, 1.165) is 29.5 Å². The van der Waals surface area contributed by atoms with E-state index in [0.29, 0.717) is 27.4 Å². The number of benzene rings is 2. The second-order valence-corrected chi connectivity index (χ2v) is 8.34. The number of carbonyl (C=O) groups excluding carboxylic acids is 1. The van der Waals surface area contributed by atoms with E-state index in [1.165, 1.54) is 24.3 Å². The van der Waals surface area contributed by atoms with Gasteiger partial charge >= 0.3 is 6.18 Å². The fraction of sp³-hybridized carbons (Fsp3) is 0.182. The molecule has 0 spiro atoms. The second-order valence-electron chi connectivity index (χ2n) is 7.31. The number of aromatic nitrogens is 1. The van der Waals surface area contributed by atoms with E-state index in [9.17, 15) is 22.4 Å². The molecule has 2 heterocycles. The molecule has 8 nitrogen and oxygen atoms in total. The number of aldehydes is 1. The minimum absolute atomic E-state index is 0.0100.